The van der Waals surface area contributed by atoms with Gasteiger partial charge in [0.15, 0.2) is 0 Å². The van der Waals surface area contributed by atoms with Crippen LogP contribution in [0.3, 0.4) is 0 Å². The smallest absolute Gasteiger partial charge is 0.00169 e. The number of hydrogen-bond acceptors (Lipinski definition) is 0. The fourth-order valence-corrected chi connectivity index (χ4v) is 7.20. The Morgan fingerprint density at radius 1 is 0.286 bits per heavy atom. The predicted molar refractivity (Wildman–Crippen MR) is 183 cm³/mol. The zero-order valence-corrected chi connectivity index (χ0v) is 25.5. The van der Waals surface area contributed by atoms with Crippen LogP contribution < -0.4 is 0 Å². The molecule has 0 aromatic heterocycles. The average molecular weight is 543 g/mol. The van der Waals surface area contributed by atoms with E-state index in [1.165, 1.54) is 77.2 Å². The van der Waals surface area contributed by atoms with Crippen molar-refractivity contribution in [2.24, 2.45) is 0 Å². The molecule has 0 nitrogen and oxygen atoms in total. The van der Waals surface area contributed by atoms with Crippen molar-refractivity contribution in [1.82, 2.24) is 0 Å². The molecule has 7 aromatic carbocycles. The summed E-state index contributed by atoms with van der Waals surface area (Å²) in [5.74, 6) is 0. The first-order chi connectivity index (χ1) is 20.2. The van der Waals surface area contributed by atoms with Crippen molar-refractivity contribution in [3.8, 4) is 44.5 Å². The molecule has 0 saturated carbocycles. The lowest BCUT2D eigenvalue weighted by atomic mass is 9.63. The quantitative estimate of drug-likeness (QED) is 0.207. The summed E-state index contributed by atoms with van der Waals surface area (Å²) in [5, 5.41) is 5.77. The van der Waals surface area contributed by atoms with E-state index < -0.39 is 0 Å². The Bertz CT molecular complexity index is 1700. The highest BCUT2D eigenvalue weighted by molar-refractivity contribution is 6.33. The van der Waals surface area contributed by atoms with Gasteiger partial charge in [-0.25, -0.2) is 0 Å². The third-order valence-electron chi connectivity index (χ3n) is 8.75. The van der Waals surface area contributed by atoms with Crippen molar-refractivity contribution in [3.05, 3.63) is 132 Å². The van der Waals surface area contributed by atoms with Gasteiger partial charge in [-0.3, -0.25) is 0 Å². The van der Waals surface area contributed by atoms with Crippen molar-refractivity contribution in [2.75, 3.05) is 0 Å². The van der Waals surface area contributed by atoms with Gasteiger partial charge in [0.25, 0.3) is 0 Å². The summed E-state index contributed by atoms with van der Waals surface area (Å²) in [6.45, 7) is 14.4. The zero-order chi connectivity index (χ0) is 29.2. The number of fused-ring (bicyclic) bond motifs is 2. The molecular formula is C42H38. The van der Waals surface area contributed by atoms with E-state index in [1.807, 2.05) is 0 Å². The number of rotatable bonds is 4. The van der Waals surface area contributed by atoms with Gasteiger partial charge in [-0.1, -0.05) is 163 Å². The maximum absolute atomic E-state index is 2.39. The molecule has 0 heteroatoms. The molecule has 0 aliphatic rings. The Morgan fingerprint density at radius 3 is 0.643 bits per heavy atom. The molecule has 206 valence electrons. The molecule has 0 saturated heterocycles. The van der Waals surface area contributed by atoms with Crippen LogP contribution >= 0.6 is 0 Å². The van der Waals surface area contributed by atoms with E-state index >= 15 is 0 Å². The summed E-state index contributed by atoms with van der Waals surface area (Å²) in [7, 11) is 0. The number of hydrogen-bond donors (Lipinski definition) is 0. The van der Waals surface area contributed by atoms with Gasteiger partial charge in [0.1, 0.15) is 0 Å². The summed E-state index contributed by atoms with van der Waals surface area (Å²) in [4.78, 5) is 0. The van der Waals surface area contributed by atoms with Gasteiger partial charge in [-0.15, -0.1) is 0 Å². The van der Waals surface area contributed by atoms with E-state index in [-0.39, 0.29) is 10.8 Å². The fourth-order valence-electron chi connectivity index (χ4n) is 7.20. The first kappa shape index (κ1) is 26.5. The van der Waals surface area contributed by atoms with Crippen LogP contribution in [-0.4, -0.2) is 0 Å². The summed E-state index contributed by atoms with van der Waals surface area (Å²) in [6, 6.07) is 44.2. The fraction of sp³-hybridized carbons (Fsp3) is 0.190. The van der Waals surface area contributed by atoms with Crippen LogP contribution in [0.1, 0.15) is 52.7 Å². The number of benzene rings is 5. The van der Waals surface area contributed by atoms with Gasteiger partial charge in [0.2, 0.25) is 0 Å². The maximum Gasteiger partial charge on any atom is -0.00169 e. The van der Waals surface area contributed by atoms with E-state index in [2.05, 4.69) is 163 Å². The topological polar surface area (TPSA) is 0 Å². The maximum atomic E-state index is 2.39. The molecule has 0 atom stereocenters. The van der Waals surface area contributed by atoms with Crippen LogP contribution in [0.25, 0.3) is 66.1 Å². The van der Waals surface area contributed by atoms with Gasteiger partial charge in [-0.2, -0.15) is 0 Å². The standard InChI is InChI=1S/C42H38/c1-41(2,3)39-35-31(27-19-11-7-12-20-27)33(29-23-15-9-16-24-29)37(35)40(42(4,5)6)38-34(30-25-17-10-18-26-30)32(36(38)39)28-21-13-8-14-22-28/h7-26H,1-6H3. The van der Waals surface area contributed by atoms with Gasteiger partial charge in [-0.05, 0) is 88.0 Å². The molecule has 0 aliphatic carbocycles. The monoisotopic (exact) mass is 542 g/mol. The molecule has 42 heavy (non-hydrogen) atoms. The van der Waals surface area contributed by atoms with Crippen molar-refractivity contribution in [3.63, 3.8) is 0 Å². The van der Waals surface area contributed by atoms with Crippen LogP contribution in [0.5, 0.6) is 0 Å². The van der Waals surface area contributed by atoms with E-state index in [9.17, 15) is 0 Å². The van der Waals surface area contributed by atoms with Crippen LogP contribution in [0.15, 0.2) is 121 Å². The van der Waals surface area contributed by atoms with Crippen LogP contribution in [0, 0.1) is 0 Å². The Balaban J connectivity index is 1.76. The summed E-state index contributed by atoms with van der Waals surface area (Å²) in [5.41, 5.74) is 13.5. The lowest BCUT2D eigenvalue weighted by Crippen LogP contribution is -2.22. The zero-order valence-electron chi connectivity index (χ0n) is 25.5. The highest BCUT2D eigenvalue weighted by atomic mass is 14.4. The van der Waals surface area contributed by atoms with Gasteiger partial charge < -0.3 is 0 Å². The van der Waals surface area contributed by atoms with E-state index in [0.717, 1.165) is 0 Å². The van der Waals surface area contributed by atoms with Crippen molar-refractivity contribution in [1.29, 1.82) is 0 Å². The van der Waals surface area contributed by atoms with Gasteiger partial charge >= 0.3 is 0 Å². The van der Waals surface area contributed by atoms with Crippen molar-refractivity contribution in [2.45, 2.75) is 52.4 Å². The molecule has 0 heterocycles. The second-order valence-electron chi connectivity index (χ2n) is 13.7. The molecule has 0 radical (unpaired) electrons. The minimum Gasteiger partial charge on any atom is -0.0622 e. The molecule has 7 rings (SSSR count). The second-order valence-corrected chi connectivity index (χ2v) is 13.7. The minimum atomic E-state index is -0.0604. The Morgan fingerprint density at radius 2 is 0.476 bits per heavy atom. The molecule has 7 aromatic rings. The van der Waals surface area contributed by atoms with Crippen LogP contribution in [0.2, 0.25) is 0 Å². The minimum absolute atomic E-state index is 0.0604. The van der Waals surface area contributed by atoms with Gasteiger partial charge in [0, 0.05) is 0 Å². The summed E-state index contributed by atoms with van der Waals surface area (Å²) < 4.78 is 0. The first-order valence-electron chi connectivity index (χ1n) is 15.1. The van der Waals surface area contributed by atoms with Crippen molar-refractivity contribution < 1.29 is 0 Å². The Hall–Kier alpha value is -4.42. The molecular weight excluding hydrogens is 504 g/mol. The molecule has 0 amide bonds. The summed E-state index contributed by atoms with van der Waals surface area (Å²) >= 11 is 0. The highest BCUT2D eigenvalue weighted by Crippen LogP contribution is 2.62. The lowest BCUT2D eigenvalue weighted by Gasteiger charge is -2.40. The van der Waals surface area contributed by atoms with Crippen LogP contribution in [0.4, 0.5) is 0 Å². The Kier molecular flexibility index (Phi) is 6.03. The molecule has 0 spiro atoms. The highest BCUT2D eigenvalue weighted by Gasteiger charge is 2.39. The SMILES string of the molecule is CC(C)(C)c1c2c(-c3ccccc3)c(-c3ccccc3)c2c(C(C)(C)C)c2c(-c3ccccc3)c(-c3ccccc3)c12. The predicted octanol–water partition coefficient (Wildman–Crippen LogP) is 12.1. The summed E-state index contributed by atoms with van der Waals surface area (Å²) in [6.07, 6.45) is 0. The largest absolute Gasteiger partial charge is 0.0622 e. The average Bonchev–Trinajstić information content (AvgIpc) is 2.95. The molecule has 0 fully saturated rings. The first-order valence-corrected chi connectivity index (χ1v) is 15.1. The van der Waals surface area contributed by atoms with E-state index in [4.69, 9.17) is 0 Å². The van der Waals surface area contributed by atoms with Crippen LogP contribution in [-0.2, 0) is 10.8 Å². The molecule has 0 bridgehead atoms. The second kappa shape index (κ2) is 9.57. The van der Waals surface area contributed by atoms with E-state index in [0.29, 0.717) is 0 Å². The third kappa shape index (κ3) is 3.97. The lowest BCUT2D eigenvalue weighted by molar-refractivity contribution is 0.593. The third-order valence-corrected chi connectivity index (χ3v) is 8.75. The molecule has 0 unspecified atom stereocenters. The Labute approximate surface area is 250 Å². The molecule has 0 aliphatic heterocycles. The van der Waals surface area contributed by atoms with Gasteiger partial charge in [0.05, 0.1) is 0 Å². The molecule has 0 N–H and O–H groups in total. The van der Waals surface area contributed by atoms with Crippen molar-refractivity contribution >= 4 is 21.5 Å². The normalized spacial score (nSPS) is 12.5. The van der Waals surface area contributed by atoms with E-state index in [1.54, 1.807) is 0 Å².